The van der Waals surface area contributed by atoms with Crippen LogP contribution in [0.15, 0.2) is 18.2 Å². The van der Waals surface area contributed by atoms with E-state index in [1.807, 2.05) is 19.1 Å². The van der Waals surface area contributed by atoms with E-state index in [1.54, 1.807) is 6.08 Å². The molecule has 0 atom stereocenters. The van der Waals surface area contributed by atoms with Crippen LogP contribution in [-0.2, 0) is 9.53 Å². The molecule has 0 aliphatic rings. The Bertz CT molecular complexity index is 910. The molecule has 0 saturated heterocycles. The lowest BCUT2D eigenvalue weighted by Gasteiger charge is -2.17. The van der Waals surface area contributed by atoms with Gasteiger partial charge in [0.15, 0.2) is 0 Å². The van der Waals surface area contributed by atoms with Crippen molar-refractivity contribution < 1.29 is 23.7 Å². The fraction of sp³-hybridized carbons (Fsp3) is 0.809. The van der Waals surface area contributed by atoms with Crippen LogP contribution in [0.25, 0.3) is 6.08 Å². The van der Waals surface area contributed by atoms with Crippen LogP contribution in [0.2, 0.25) is 0 Å². The molecule has 0 bridgehead atoms. The highest BCUT2D eigenvalue weighted by molar-refractivity contribution is 5.88. The Morgan fingerprint density at radius 1 is 0.442 bits per heavy atom. The number of ether oxygens (including phenoxy) is 4. The standard InChI is InChI=1S/C47H84O5/c1-5-9-12-15-18-21-24-27-30-33-38-50-43-41-45(51-39-34-31-28-25-22-19-16-13-10-6-2)44(36-37-47(48)49-8-4)46(42-43)52-40-35-32-29-26-23-20-17-14-11-7-3/h36-37,41-42H,5-35,38-40H2,1-4H3. The number of hydrogen-bond acceptors (Lipinski definition) is 5. The lowest BCUT2D eigenvalue weighted by atomic mass is 10.1. The molecule has 0 fully saturated rings. The van der Waals surface area contributed by atoms with Crippen molar-refractivity contribution >= 4 is 12.0 Å². The van der Waals surface area contributed by atoms with Crippen molar-refractivity contribution in [2.45, 2.75) is 220 Å². The summed E-state index contributed by atoms with van der Waals surface area (Å²) in [6.45, 7) is 11.0. The molecule has 0 aliphatic heterocycles. The molecule has 1 rings (SSSR count). The van der Waals surface area contributed by atoms with Gasteiger partial charge in [-0.3, -0.25) is 0 Å². The van der Waals surface area contributed by atoms with E-state index in [0.29, 0.717) is 26.4 Å². The SMILES string of the molecule is CCCCCCCCCCCCOc1cc(OCCCCCCCCCCCC)c(C=CC(=O)OCC)c(OCCCCCCCCCCCC)c1. The van der Waals surface area contributed by atoms with E-state index in [9.17, 15) is 4.79 Å². The number of esters is 1. The molecular formula is C47H84O5. The van der Waals surface area contributed by atoms with E-state index in [4.69, 9.17) is 18.9 Å². The molecule has 5 heteroatoms. The number of carbonyl (C=O) groups excluding carboxylic acids is 1. The molecule has 1 aromatic carbocycles. The van der Waals surface area contributed by atoms with Crippen molar-refractivity contribution in [3.8, 4) is 17.2 Å². The van der Waals surface area contributed by atoms with Gasteiger partial charge in [0, 0.05) is 18.2 Å². The third kappa shape index (κ3) is 28.3. The number of benzene rings is 1. The van der Waals surface area contributed by atoms with E-state index >= 15 is 0 Å². The Morgan fingerprint density at radius 3 is 1.08 bits per heavy atom. The minimum absolute atomic E-state index is 0.346. The van der Waals surface area contributed by atoms with Crippen molar-refractivity contribution in [2.75, 3.05) is 26.4 Å². The van der Waals surface area contributed by atoms with Gasteiger partial charge in [0.25, 0.3) is 0 Å². The second kappa shape index (κ2) is 37.2. The highest BCUT2D eigenvalue weighted by atomic mass is 16.5. The third-order valence-corrected chi connectivity index (χ3v) is 10.0. The maximum absolute atomic E-state index is 12.3. The fourth-order valence-electron chi connectivity index (χ4n) is 6.73. The molecule has 0 unspecified atom stereocenters. The van der Waals surface area contributed by atoms with E-state index in [0.717, 1.165) is 42.1 Å². The van der Waals surface area contributed by atoms with Gasteiger partial charge < -0.3 is 18.9 Å². The maximum atomic E-state index is 12.3. The zero-order valence-corrected chi connectivity index (χ0v) is 34.9. The molecule has 0 amide bonds. The topological polar surface area (TPSA) is 54.0 Å². The highest BCUT2D eigenvalue weighted by Gasteiger charge is 2.14. The predicted octanol–water partition coefficient (Wildman–Crippen LogP) is 15.2. The first-order chi connectivity index (χ1) is 25.7. The van der Waals surface area contributed by atoms with Crippen molar-refractivity contribution in [1.82, 2.24) is 0 Å². The number of hydrogen-bond donors (Lipinski definition) is 0. The maximum Gasteiger partial charge on any atom is 0.330 e. The molecular weight excluding hydrogens is 645 g/mol. The predicted molar refractivity (Wildman–Crippen MR) is 224 cm³/mol. The summed E-state index contributed by atoms with van der Waals surface area (Å²) in [6, 6.07) is 3.98. The van der Waals surface area contributed by atoms with Gasteiger partial charge in [-0.25, -0.2) is 4.79 Å². The minimum atomic E-state index is -0.356. The van der Waals surface area contributed by atoms with Crippen LogP contribution in [-0.4, -0.2) is 32.4 Å². The van der Waals surface area contributed by atoms with Crippen LogP contribution in [0, 0.1) is 0 Å². The second-order valence-electron chi connectivity index (χ2n) is 15.0. The normalized spacial score (nSPS) is 11.4. The average molecular weight is 729 g/mol. The first kappa shape index (κ1) is 47.9. The average Bonchev–Trinajstić information content (AvgIpc) is 3.14. The summed E-state index contributed by atoms with van der Waals surface area (Å²) in [6.07, 6.45) is 42.0. The van der Waals surface area contributed by atoms with Gasteiger partial charge in [-0.15, -0.1) is 0 Å². The van der Waals surface area contributed by atoms with Crippen LogP contribution >= 0.6 is 0 Å². The Morgan fingerprint density at radius 2 is 0.750 bits per heavy atom. The molecule has 302 valence electrons. The Kier molecular flexibility index (Phi) is 34.2. The summed E-state index contributed by atoms with van der Waals surface area (Å²) in [4.78, 5) is 12.3. The summed E-state index contributed by atoms with van der Waals surface area (Å²) in [5.74, 6) is 1.86. The van der Waals surface area contributed by atoms with Gasteiger partial charge in [0.1, 0.15) is 17.2 Å². The van der Waals surface area contributed by atoms with Crippen molar-refractivity contribution in [3.05, 3.63) is 23.8 Å². The summed E-state index contributed by atoms with van der Waals surface area (Å²) in [5.41, 5.74) is 0.790. The second-order valence-corrected chi connectivity index (χ2v) is 15.0. The fourth-order valence-corrected chi connectivity index (χ4v) is 6.73. The molecule has 0 spiro atoms. The zero-order valence-electron chi connectivity index (χ0n) is 34.9. The largest absolute Gasteiger partial charge is 0.493 e. The van der Waals surface area contributed by atoms with E-state index in [2.05, 4.69) is 20.8 Å². The Labute approximate surface area is 322 Å². The molecule has 0 aromatic heterocycles. The first-order valence-corrected chi connectivity index (χ1v) is 22.6. The van der Waals surface area contributed by atoms with Crippen LogP contribution < -0.4 is 14.2 Å². The molecule has 0 radical (unpaired) electrons. The van der Waals surface area contributed by atoms with Crippen molar-refractivity contribution in [3.63, 3.8) is 0 Å². The monoisotopic (exact) mass is 729 g/mol. The summed E-state index contributed by atoms with van der Waals surface area (Å²) in [5, 5.41) is 0. The van der Waals surface area contributed by atoms with E-state index < -0.39 is 0 Å². The number of rotatable bonds is 39. The first-order valence-electron chi connectivity index (χ1n) is 22.6. The molecule has 0 aliphatic carbocycles. The van der Waals surface area contributed by atoms with E-state index in [1.165, 1.54) is 179 Å². The van der Waals surface area contributed by atoms with E-state index in [-0.39, 0.29) is 5.97 Å². The molecule has 0 N–H and O–H groups in total. The molecule has 0 saturated carbocycles. The minimum Gasteiger partial charge on any atom is -0.493 e. The Hall–Kier alpha value is -2.17. The lowest BCUT2D eigenvalue weighted by Crippen LogP contribution is -2.05. The smallest absolute Gasteiger partial charge is 0.330 e. The van der Waals surface area contributed by atoms with Crippen LogP contribution in [0.1, 0.15) is 226 Å². The lowest BCUT2D eigenvalue weighted by molar-refractivity contribution is -0.137. The number of unbranched alkanes of at least 4 members (excludes halogenated alkanes) is 27. The van der Waals surface area contributed by atoms with Crippen LogP contribution in [0.5, 0.6) is 17.2 Å². The van der Waals surface area contributed by atoms with Gasteiger partial charge in [0.05, 0.1) is 32.0 Å². The summed E-state index contributed by atoms with van der Waals surface area (Å²) < 4.78 is 24.4. The number of carbonyl (C=O) groups is 1. The molecule has 52 heavy (non-hydrogen) atoms. The van der Waals surface area contributed by atoms with Gasteiger partial charge in [0.2, 0.25) is 0 Å². The summed E-state index contributed by atoms with van der Waals surface area (Å²) >= 11 is 0. The quantitative estimate of drug-likeness (QED) is 0.0384. The molecule has 0 heterocycles. The zero-order chi connectivity index (χ0) is 37.6. The van der Waals surface area contributed by atoms with Crippen molar-refractivity contribution in [1.29, 1.82) is 0 Å². The summed E-state index contributed by atoms with van der Waals surface area (Å²) in [7, 11) is 0. The van der Waals surface area contributed by atoms with Crippen LogP contribution in [0.4, 0.5) is 0 Å². The van der Waals surface area contributed by atoms with Crippen LogP contribution in [0.3, 0.4) is 0 Å². The third-order valence-electron chi connectivity index (χ3n) is 10.0. The van der Waals surface area contributed by atoms with Gasteiger partial charge in [-0.1, -0.05) is 194 Å². The molecule has 5 nitrogen and oxygen atoms in total. The highest BCUT2D eigenvalue weighted by Crippen LogP contribution is 2.36. The Balaban J connectivity index is 2.79. The van der Waals surface area contributed by atoms with Gasteiger partial charge >= 0.3 is 5.97 Å². The van der Waals surface area contributed by atoms with Crippen molar-refractivity contribution in [2.24, 2.45) is 0 Å². The molecule has 1 aromatic rings. The van der Waals surface area contributed by atoms with Gasteiger partial charge in [-0.05, 0) is 32.3 Å². The van der Waals surface area contributed by atoms with Gasteiger partial charge in [-0.2, -0.15) is 0 Å².